The van der Waals surface area contributed by atoms with Crippen LogP contribution in [0.15, 0.2) is 152 Å². The summed E-state index contributed by atoms with van der Waals surface area (Å²) in [6.07, 6.45) is 3.88. The van der Waals surface area contributed by atoms with Crippen LogP contribution in [0.4, 0.5) is 22.7 Å². The van der Waals surface area contributed by atoms with E-state index in [0.717, 1.165) is 33.9 Å². The Balaban J connectivity index is 1.13. The van der Waals surface area contributed by atoms with Crippen LogP contribution in [0, 0.1) is 0 Å². The number of pyridine rings is 1. The van der Waals surface area contributed by atoms with Crippen LogP contribution < -0.4 is 14.5 Å². The van der Waals surface area contributed by atoms with Gasteiger partial charge in [-0.15, -0.1) is 0 Å². The van der Waals surface area contributed by atoms with Gasteiger partial charge in [0, 0.05) is 41.2 Å². The molecule has 0 saturated heterocycles. The molecule has 0 unspecified atom stereocenters. The lowest BCUT2D eigenvalue weighted by Gasteiger charge is -2.27. The van der Waals surface area contributed by atoms with Crippen LogP contribution in [0.1, 0.15) is 26.3 Å². The molecule has 0 N–H and O–H groups in total. The van der Waals surface area contributed by atoms with Crippen molar-refractivity contribution in [3.8, 4) is 28.3 Å². The van der Waals surface area contributed by atoms with Crippen LogP contribution in [-0.2, 0) is 5.41 Å². The number of hydrogen-bond acceptors (Lipinski definition) is 4. The number of ether oxygens (including phenoxy) is 1. The first-order chi connectivity index (χ1) is 22.9. The Kier molecular flexibility index (Phi) is 7.02. The maximum atomic E-state index is 6.48. The van der Waals surface area contributed by atoms with Gasteiger partial charge in [0.25, 0.3) is 0 Å². The summed E-state index contributed by atoms with van der Waals surface area (Å²) in [5.41, 5.74) is 10.3. The lowest BCUT2D eigenvalue weighted by molar-refractivity contribution is 0.482. The molecule has 0 fully saturated rings. The molecule has 0 aliphatic carbocycles. The van der Waals surface area contributed by atoms with Crippen molar-refractivity contribution >= 4 is 33.8 Å². The maximum absolute atomic E-state index is 6.48. The van der Waals surface area contributed by atoms with E-state index in [1.165, 1.54) is 33.8 Å². The van der Waals surface area contributed by atoms with E-state index in [0.29, 0.717) is 6.67 Å². The first-order valence-electron chi connectivity index (χ1n) is 16.1. The van der Waals surface area contributed by atoms with Crippen molar-refractivity contribution in [3.05, 3.63) is 157 Å². The highest BCUT2D eigenvalue weighted by Crippen LogP contribution is 2.48. The Morgan fingerprint density at radius 2 is 1.30 bits per heavy atom. The van der Waals surface area contributed by atoms with Crippen LogP contribution in [0.25, 0.3) is 27.8 Å². The van der Waals surface area contributed by atoms with Crippen molar-refractivity contribution in [2.45, 2.75) is 26.2 Å². The Bertz CT molecular complexity index is 2210. The van der Waals surface area contributed by atoms with Crippen molar-refractivity contribution in [2.24, 2.45) is 0 Å². The van der Waals surface area contributed by atoms with Crippen LogP contribution in [0.5, 0.6) is 11.5 Å². The number of nitrogens with zero attached hydrogens (tertiary/aromatic N) is 4. The number of fused-ring (bicyclic) bond motifs is 2. The van der Waals surface area contributed by atoms with E-state index in [1.807, 2.05) is 36.7 Å². The number of anilines is 4. The molecular formula is C42H36N4O. The molecule has 47 heavy (non-hydrogen) atoms. The van der Waals surface area contributed by atoms with Gasteiger partial charge in [-0.2, -0.15) is 0 Å². The second-order valence-electron chi connectivity index (χ2n) is 13.0. The summed E-state index contributed by atoms with van der Waals surface area (Å²) in [5, 5.41) is 1.10. The van der Waals surface area contributed by atoms with E-state index in [-0.39, 0.29) is 5.41 Å². The minimum atomic E-state index is 0.0246. The molecule has 0 bridgehead atoms. The molecule has 0 radical (unpaired) electrons. The summed E-state index contributed by atoms with van der Waals surface area (Å²) in [4.78, 5) is 9.40. The first-order valence-corrected chi connectivity index (χ1v) is 16.1. The fraction of sp³-hybridized carbons (Fsp3) is 0.119. The van der Waals surface area contributed by atoms with Crippen LogP contribution in [0.3, 0.4) is 0 Å². The van der Waals surface area contributed by atoms with Gasteiger partial charge in [0.05, 0.1) is 22.7 Å². The summed E-state index contributed by atoms with van der Waals surface area (Å²) < 4.78 is 8.57. The highest BCUT2D eigenvalue weighted by molar-refractivity contribution is 5.92. The highest BCUT2D eigenvalue weighted by Gasteiger charge is 2.30. The molecule has 230 valence electrons. The van der Waals surface area contributed by atoms with Gasteiger partial charge in [-0.1, -0.05) is 87.5 Å². The smallest absolute Gasteiger partial charge is 0.144 e. The van der Waals surface area contributed by atoms with Crippen molar-refractivity contribution in [2.75, 3.05) is 16.5 Å². The molecule has 5 nitrogen and oxygen atoms in total. The number of aromatic nitrogens is 2. The topological polar surface area (TPSA) is 33.5 Å². The highest BCUT2D eigenvalue weighted by atomic mass is 16.5. The Morgan fingerprint density at radius 3 is 2.06 bits per heavy atom. The second kappa shape index (κ2) is 11.5. The van der Waals surface area contributed by atoms with Gasteiger partial charge in [-0.25, -0.2) is 4.98 Å². The van der Waals surface area contributed by atoms with Gasteiger partial charge < -0.3 is 19.1 Å². The van der Waals surface area contributed by atoms with Crippen LogP contribution in [-0.4, -0.2) is 16.2 Å². The maximum Gasteiger partial charge on any atom is 0.144 e. The van der Waals surface area contributed by atoms with Gasteiger partial charge in [-0.3, -0.25) is 0 Å². The van der Waals surface area contributed by atoms with Crippen LogP contribution >= 0.6 is 0 Å². The molecule has 1 aliphatic rings. The lowest BCUT2D eigenvalue weighted by Crippen LogP contribution is -2.25. The fourth-order valence-electron chi connectivity index (χ4n) is 6.45. The van der Waals surface area contributed by atoms with Crippen molar-refractivity contribution in [1.82, 2.24) is 9.55 Å². The summed E-state index contributed by atoms with van der Waals surface area (Å²) in [5.74, 6) is 1.55. The van der Waals surface area contributed by atoms with Gasteiger partial charge >= 0.3 is 0 Å². The minimum Gasteiger partial charge on any atom is -0.457 e. The summed E-state index contributed by atoms with van der Waals surface area (Å²) >= 11 is 0. The van der Waals surface area contributed by atoms with Gasteiger partial charge in [-0.05, 0) is 77.2 Å². The van der Waals surface area contributed by atoms with E-state index in [1.54, 1.807) is 0 Å². The van der Waals surface area contributed by atoms with Crippen molar-refractivity contribution < 1.29 is 4.74 Å². The van der Waals surface area contributed by atoms with Gasteiger partial charge in [0.15, 0.2) is 0 Å². The summed E-state index contributed by atoms with van der Waals surface area (Å²) in [6.45, 7) is 7.51. The quantitative estimate of drug-likeness (QED) is 0.187. The van der Waals surface area contributed by atoms with Crippen molar-refractivity contribution in [1.29, 1.82) is 0 Å². The second-order valence-corrected chi connectivity index (χ2v) is 13.0. The van der Waals surface area contributed by atoms with E-state index in [9.17, 15) is 0 Å². The third-order valence-corrected chi connectivity index (χ3v) is 8.89. The molecule has 2 aromatic heterocycles. The normalized spacial score (nSPS) is 12.8. The molecule has 5 aromatic carbocycles. The number of benzene rings is 5. The lowest BCUT2D eigenvalue weighted by atomic mass is 9.85. The molecule has 0 amide bonds. The zero-order chi connectivity index (χ0) is 32.0. The number of hydrogen-bond donors (Lipinski definition) is 0. The number of rotatable bonds is 6. The summed E-state index contributed by atoms with van der Waals surface area (Å²) in [7, 11) is 0. The average molecular weight is 613 g/mol. The molecule has 5 heteroatoms. The Hall–Kier alpha value is -5.81. The van der Waals surface area contributed by atoms with Crippen LogP contribution in [0.2, 0.25) is 0 Å². The summed E-state index contributed by atoms with van der Waals surface area (Å²) in [6, 6.07) is 48.9. The monoisotopic (exact) mass is 612 g/mol. The average Bonchev–Trinajstić information content (AvgIpc) is 3.71. The third kappa shape index (κ3) is 5.40. The Morgan fingerprint density at radius 1 is 0.596 bits per heavy atom. The fourth-order valence-corrected chi connectivity index (χ4v) is 6.45. The van der Waals surface area contributed by atoms with Crippen molar-refractivity contribution in [3.63, 3.8) is 0 Å². The predicted octanol–water partition coefficient (Wildman–Crippen LogP) is 11.0. The van der Waals surface area contributed by atoms with Gasteiger partial charge in [0.2, 0.25) is 0 Å². The molecule has 3 heterocycles. The van der Waals surface area contributed by atoms with Gasteiger partial charge in [0.1, 0.15) is 23.8 Å². The largest absolute Gasteiger partial charge is 0.457 e. The standard InChI is InChI=1S/C42H36N4O/c1-42(2,3)32-21-22-37(30-12-5-4-6-13-30)40(26-32)46-29-45(38-19-7-8-20-39(38)46)34-16-10-18-36(28-34)47-35-17-9-15-33(27-35)44-25-23-31-14-11-24-43-41(31)44/h4-28H,29H2,1-3H3. The predicted molar refractivity (Wildman–Crippen MR) is 194 cm³/mol. The van der Waals surface area contributed by atoms with E-state index >= 15 is 0 Å². The zero-order valence-electron chi connectivity index (χ0n) is 26.8. The molecule has 8 rings (SSSR count). The molecule has 0 saturated carbocycles. The SMILES string of the molecule is CC(C)(C)c1ccc(-c2ccccc2)c(N2CN(c3cccc(Oc4cccc(-n5ccc6cccnc65)c4)c3)c3ccccc32)c1. The van der Waals surface area contributed by atoms with E-state index in [2.05, 4.69) is 155 Å². The third-order valence-electron chi connectivity index (χ3n) is 8.89. The van der Waals surface area contributed by atoms with E-state index < -0.39 is 0 Å². The zero-order valence-corrected chi connectivity index (χ0v) is 26.8. The molecule has 0 atom stereocenters. The first kappa shape index (κ1) is 28.6. The minimum absolute atomic E-state index is 0.0246. The number of para-hydroxylation sites is 2. The molecular weight excluding hydrogens is 576 g/mol. The van der Waals surface area contributed by atoms with E-state index in [4.69, 9.17) is 4.74 Å². The molecule has 0 spiro atoms. The Labute approximate surface area is 275 Å². The molecule has 7 aromatic rings. The molecule has 1 aliphatic heterocycles.